The SMILES string of the molecule is C=S(=O)(c1ccc(CCC)c(C)c1)n1cc(C2=CCN(C)CC2)c2ccccc21. The number of hydrogen-bond donors (Lipinski definition) is 0. The van der Waals surface area contributed by atoms with Crippen LogP contribution < -0.4 is 0 Å². The van der Waals surface area contributed by atoms with Gasteiger partial charge >= 0.3 is 0 Å². The van der Waals surface area contributed by atoms with E-state index in [9.17, 15) is 4.21 Å². The first-order chi connectivity index (χ1) is 13.9. The van der Waals surface area contributed by atoms with Crippen LogP contribution in [0.25, 0.3) is 16.5 Å². The molecule has 1 aromatic heterocycles. The zero-order valence-electron chi connectivity index (χ0n) is 17.6. The van der Waals surface area contributed by atoms with Gasteiger partial charge in [-0.2, -0.15) is 0 Å². The number of hydrogen-bond acceptors (Lipinski definition) is 2. The molecule has 4 rings (SSSR count). The van der Waals surface area contributed by atoms with Gasteiger partial charge in [0.15, 0.2) is 0 Å². The Kier molecular flexibility index (Phi) is 5.41. The monoisotopic (exact) mass is 406 g/mol. The molecule has 0 saturated heterocycles. The Morgan fingerprint density at radius 2 is 1.97 bits per heavy atom. The van der Waals surface area contributed by atoms with Crippen LogP contribution in [0.5, 0.6) is 0 Å². The molecular weight excluding hydrogens is 376 g/mol. The summed E-state index contributed by atoms with van der Waals surface area (Å²) in [6.07, 6.45) is 7.52. The fourth-order valence-corrected chi connectivity index (χ4v) is 5.82. The van der Waals surface area contributed by atoms with Gasteiger partial charge in [0.05, 0.1) is 20.1 Å². The van der Waals surface area contributed by atoms with Crippen molar-refractivity contribution >= 4 is 32.1 Å². The number of benzene rings is 2. The summed E-state index contributed by atoms with van der Waals surface area (Å²) in [6.45, 7) is 6.28. The quantitative estimate of drug-likeness (QED) is 0.547. The number of nitrogens with zero attached hydrogens (tertiary/aromatic N) is 2. The number of aryl methyl sites for hydroxylation is 2. The largest absolute Gasteiger partial charge is 0.302 e. The van der Waals surface area contributed by atoms with E-state index >= 15 is 0 Å². The molecule has 2 aromatic carbocycles. The van der Waals surface area contributed by atoms with Crippen LogP contribution in [0.3, 0.4) is 0 Å². The van der Waals surface area contributed by atoms with Crippen molar-refractivity contribution in [2.45, 2.75) is 38.0 Å². The van der Waals surface area contributed by atoms with Crippen molar-refractivity contribution in [1.29, 1.82) is 0 Å². The average Bonchev–Trinajstić information content (AvgIpc) is 3.11. The summed E-state index contributed by atoms with van der Waals surface area (Å²) in [5.41, 5.74) is 6.01. The molecule has 3 aromatic rings. The van der Waals surface area contributed by atoms with Gasteiger partial charge < -0.3 is 4.90 Å². The summed E-state index contributed by atoms with van der Waals surface area (Å²) in [5.74, 6) is 4.21. The lowest BCUT2D eigenvalue weighted by molar-refractivity contribution is 0.370. The average molecular weight is 407 g/mol. The van der Waals surface area contributed by atoms with Crippen LogP contribution in [0.4, 0.5) is 0 Å². The Hall–Kier alpha value is -2.30. The van der Waals surface area contributed by atoms with Crippen molar-refractivity contribution in [3.05, 3.63) is 71.4 Å². The van der Waals surface area contributed by atoms with E-state index in [4.69, 9.17) is 0 Å². The van der Waals surface area contributed by atoms with Gasteiger partial charge in [-0.05, 0) is 67.6 Å². The van der Waals surface area contributed by atoms with Crippen molar-refractivity contribution in [2.24, 2.45) is 0 Å². The van der Waals surface area contributed by atoms with Gasteiger partial charge in [-0.1, -0.05) is 43.7 Å². The van der Waals surface area contributed by atoms with Crippen LogP contribution in [0.1, 0.15) is 36.5 Å². The highest BCUT2D eigenvalue weighted by atomic mass is 32.2. The molecule has 152 valence electrons. The zero-order chi connectivity index (χ0) is 20.6. The van der Waals surface area contributed by atoms with Crippen LogP contribution in [-0.2, 0) is 16.1 Å². The maximum Gasteiger partial charge on any atom is 0.0802 e. The molecule has 1 aliphatic rings. The van der Waals surface area contributed by atoms with Gasteiger partial charge in [-0.3, -0.25) is 3.97 Å². The number of likely N-dealkylation sites (N-methyl/N-ethyl adjacent to an activating group) is 1. The molecule has 0 N–H and O–H groups in total. The minimum atomic E-state index is -2.67. The zero-order valence-corrected chi connectivity index (χ0v) is 18.5. The van der Waals surface area contributed by atoms with Crippen LogP contribution >= 0.6 is 0 Å². The van der Waals surface area contributed by atoms with Crippen LogP contribution in [-0.4, -0.2) is 39.1 Å². The molecule has 1 aliphatic heterocycles. The van der Waals surface area contributed by atoms with E-state index in [1.54, 1.807) is 0 Å². The summed E-state index contributed by atoms with van der Waals surface area (Å²) >= 11 is 0. The Balaban J connectivity index is 1.85. The summed E-state index contributed by atoms with van der Waals surface area (Å²) < 4.78 is 15.9. The molecule has 29 heavy (non-hydrogen) atoms. The second-order valence-corrected chi connectivity index (χ2v) is 10.3. The lowest BCUT2D eigenvalue weighted by Crippen LogP contribution is -2.23. The van der Waals surface area contributed by atoms with Crippen molar-refractivity contribution < 1.29 is 4.21 Å². The second kappa shape index (κ2) is 7.85. The van der Waals surface area contributed by atoms with E-state index < -0.39 is 9.71 Å². The summed E-state index contributed by atoms with van der Waals surface area (Å²) in [5, 5.41) is 1.15. The first kappa shape index (κ1) is 20.0. The fourth-order valence-electron chi connectivity index (χ4n) is 4.20. The van der Waals surface area contributed by atoms with E-state index in [2.05, 4.69) is 74.3 Å². The van der Waals surface area contributed by atoms with Gasteiger partial charge in [0.25, 0.3) is 0 Å². The third-order valence-electron chi connectivity index (χ3n) is 5.96. The third kappa shape index (κ3) is 3.67. The Labute approximate surface area is 174 Å². The molecule has 1 atom stereocenters. The minimum Gasteiger partial charge on any atom is -0.302 e. The number of fused-ring (bicyclic) bond motifs is 1. The minimum absolute atomic E-state index is 0.791. The maximum absolute atomic E-state index is 14.0. The Morgan fingerprint density at radius 3 is 2.66 bits per heavy atom. The van der Waals surface area contributed by atoms with Crippen molar-refractivity contribution in [1.82, 2.24) is 8.87 Å². The highest BCUT2D eigenvalue weighted by Crippen LogP contribution is 2.33. The predicted octanol–water partition coefficient (Wildman–Crippen LogP) is 5.16. The second-order valence-electron chi connectivity index (χ2n) is 8.11. The molecule has 0 aliphatic carbocycles. The molecule has 0 bridgehead atoms. The highest BCUT2D eigenvalue weighted by molar-refractivity contribution is 7.99. The van der Waals surface area contributed by atoms with E-state index in [0.29, 0.717) is 0 Å². The van der Waals surface area contributed by atoms with Crippen LogP contribution in [0.15, 0.2) is 59.6 Å². The molecule has 2 heterocycles. The summed E-state index contributed by atoms with van der Waals surface area (Å²) in [4.78, 5) is 3.10. The predicted molar refractivity (Wildman–Crippen MR) is 126 cm³/mol. The molecule has 0 saturated carbocycles. The maximum atomic E-state index is 14.0. The van der Waals surface area contributed by atoms with Crippen molar-refractivity contribution in [3.63, 3.8) is 0 Å². The molecular formula is C25H30N2OS. The normalized spacial score (nSPS) is 17.3. The van der Waals surface area contributed by atoms with Crippen molar-refractivity contribution in [3.8, 4) is 0 Å². The van der Waals surface area contributed by atoms with Gasteiger partial charge in [0, 0.05) is 30.2 Å². The smallest absolute Gasteiger partial charge is 0.0802 e. The fraction of sp³-hybridized carbons (Fsp3) is 0.320. The molecule has 1 unspecified atom stereocenters. The molecule has 0 radical (unpaired) electrons. The number of para-hydroxylation sites is 1. The number of aromatic nitrogens is 1. The molecule has 0 spiro atoms. The molecule has 3 nitrogen and oxygen atoms in total. The standard InChI is InChI=1S/C25H30N2OS/c1-5-8-20-11-12-22(17-19(20)2)29(4,28)27-18-24(21-13-15-26(3)16-14-21)23-9-6-7-10-25(23)27/h6-7,9-13,17-18H,4-5,8,14-16H2,1-3H3. The topological polar surface area (TPSA) is 25.2 Å². The van der Waals surface area contributed by atoms with Gasteiger partial charge in [0.1, 0.15) is 0 Å². The highest BCUT2D eigenvalue weighted by Gasteiger charge is 2.20. The van der Waals surface area contributed by atoms with Crippen LogP contribution in [0, 0.1) is 6.92 Å². The third-order valence-corrected chi connectivity index (χ3v) is 7.88. The molecule has 0 amide bonds. The Bertz CT molecular complexity index is 1180. The summed E-state index contributed by atoms with van der Waals surface area (Å²) in [6, 6.07) is 14.4. The lowest BCUT2D eigenvalue weighted by atomic mass is 9.99. The van der Waals surface area contributed by atoms with E-state index in [1.165, 1.54) is 22.3 Å². The van der Waals surface area contributed by atoms with Crippen molar-refractivity contribution in [2.75, 3.05) is 20.1 Å². The van der Waals surface area contributed by atoms with Gasteiger partial charge in [-0.25, -0.2) is 4.21 Å². The van der Waals surface area contributed by atoms with E-state index in [1.807, 2.05) is 16.1 Å². The van der Waals surface area contributed by atoms with E-state index in [0.717, 1.165) is 48.2 Å². The molecule has 0 fully saturated rings. The van der Waals surface area contributed by atoms with Gasteiger partial charge in [0.2, 0.25) is 0 Å². The lowest BCUT2D eigenvalue weighted by Gasteiger charge is -2.21. The first-order valence-corrected chi connectivity index (χ1v) is 12.1. The first-order valence-electron chi connectivity index (χ1n) is 10.4. The van der Waals surface area contributed by atoms with E-state index in [-0.39, 0.29) is 0 Å². The number of rotatable bonds is 5. The van der Waals surface area contributed by atoms with Crippen LogP contribution in [0.2, 0.25) is 0 Å². The molecule has 4 heteroatoms. The van der Waals surface area contributed by atoms with Gasteiger partial charge in [-0.15, -0.1) is 0 Å². The Morgan fingerprint density at radius 1 is 1.17 bits per heavy atom. The summed E-state index contributed by atoms with van der Waals surface area (Å²) in [7, 11) is -0.527.